The first-order valence-corrected chi connectivity index (χ1v) is 7.75. The van der Waals surface area contributed by atoms with Gasteiger partial charge in [-0.3, -0.25) is 4.90 Å². The third kappa shape index (κ3) is 5.01. The van der Waals surface area contributed by atoms with E-state index in [1.54, 1.807) is 0 Å². The summed E-state index contributed by atoms with van der Waals surface area (Å²) in [5.74, 6) is -1.42. The third-order valence-electron chi connectivity index (χ3n) is 4.37. The highest BCUT2D eigenvalue weighted by molar-refractivity contribution is 5.67. The van der Waals surface area contributed by atoms with Gasteiger partial charge in [-0.1, -0.05) is 0 Å². The first-order chi connectivity index (χ1) is 10.4. The number of amides is 1. The Morgan fingerprint density at radius 3 is 2.50 bits per heavy atom. The summed E-state index contributed by atoms with van der Waals surface area (Å²) >= 11 is 0. The van der Waals surface area contributed by atoms with Gasteiger partial charge in [0.1, 0.15) is 6.61 Å². The van der Waals surface area contributed by atoms with Crippen molar-refractivity contribution in [2.24, 2.45) is 5.92 Å². The van der Waals surface area contributed by atoms with E-state index in [4.69, 9.17) is 4.74 Å². The number of piperidine rings is 1. The molecule has 1 unspecified atom stereocenters. The molecule has 22 heavy (non-hydrogen) atoms. The molecule has 2 fully saturated rings. The molecular formula is C14H24F3N3O2. The van der Waals surface area contributed by atoms with E-state index in [1.807, 2.05) is 0 Å². The minimum atomic E-state index is -4.24. The fourth-order valence-corrected chi connectivity index (χ4v) is 2.83. The number of piperazine rings is 1. The summed E-state index contributed by atoms with van der Waals surface area (Å²) in [6.07, 6.45) is -4.39. The molecule has 1 amide bonds. The molecular weight excluding hydrogens is 299 g/mol. The van der Waals surface area contributed by atoms with Gasteiger partial charge in [0.2, 0.25) is 0 Å². The molecule has 8 heteroatoms. The van der Waals surface area contributed by atoms with Gasteiger partial charge in [0.25, 0.3) is 0 Å². The molecule has 2 aliphatic heterocycles. The maximum absolute atomic E-state index is 12.7. The van der Waals surface area contributed by atoms with Crippen LogP contribution >= 0.6 is 0 Å². The van der Waals surface area contributed by atoms with Crippen LogP contribution in [0, 0.1) is 5.92 Å². The van der Waals surface area contributed by atoms with Crippen LogP contribution in [0.15, 0.2) is 0 Å². The average Bonchev–Trinajstić information content (AvgIpc) is 2.48. The fraction of sp³-hybridized carbons (Fsp3) is 0.929. The number of carbonyl (C=O) groups is 1. The van der Waals surface area contributed by atoms with Crippen molar-refractivity contribution in [3.8, 4) is 0 Å². The largest absolute Gasteiger partial charge is 0.448 e. The van der Waals surface area contributed by atoms with Crippen molar-refractivity contribution in [1.82, 2.24) is 14.7 Å². The van der Waals surface area contributed by atoms with Crippen LogP contribution < -0.4 is 0 Å². The van der Waals surface area contributed by atoms with E-state index in [-0.39, 0.29) is 19.6 Å². The quantitative estimate of drug-likeness (QED) is 0.791. The van der Waals surface area contributed by atoms with Crippen molar-refractivity contribution >= 4 is 6.09 Å². The second-order valence-corrected chi connectivity index (χ2v) is 6.09. The Bertz CT molecular complexity index is 371. The van der Waals surface area contributed by atoms with Gasteiger partial charge < -0.3 is 14.5 Å². The summed E-state index contributed by atoms with van der Waals surface area (Å²) in [5, 5.41) is 0. The van der Waals surface area contributed by atoms with Crippen molar-refractivity contribution in [2.75, 3.05) is 59.5 Å². The highest BCUT2D eigenvalue weighted by Gasteiger charge is 2.43. The van der Waals surface area contributed by atoms with Gasteiger partial charge in [0.05, 0.1) is 5.92 Å². The van der Waals surface area contributed by atoms with Gasteiger partial charge in [-0.15, -0.1) is 0 Å². The first kappa shape index (κ1) is 17.3. The molecule has 0 aromatic rings. The van der Waals surface area contributed by atoms with Gasteiger partial charge in [0, 0.05) is 45.8 Å². The number of halogens is 3. The van der Waals surface area contributed by atoms with Crippen LogP contribution in [0.1, 0.15) is 12.8 Å². The van der Waals surface area contributed by atoms with Crippen LogP contribution in [-0.2, 0) is 4.74 Å². The zero-order valence-corrected chi connectivity index (χ0v) is 12.9. The van der Waals surface area contributed by atoms with Crippen LogP contribution in [0.5, 0.6) is 0 Å². The summed E-state index contributed by atoms with van der Waals surface area (Å²) in [7, 11) is 2.06. The Hall–Kier alpha value is -1.02. The van der Waals surface area contributed by atoms with E-state index in [9.17, 15) is 18.0 Å². The van der Waals surface area contributed by atoms with Crippen LogP contribution in [0.2, 0.25) is 0 Å². The molecule has 0 aliphatic carbocycles. The minimum absolute atomic E-state index is 0.0918. The summed E-state index contributed by atoms with van der Waals surface area (Å²) in [6.45, 7) is 4.74. The van der Waals surface area contributed by atoms with E-state index in [1.165, 1.54) is 4.90 Å². The summed E-state index contributed by atoms with van der Waals surface area (Å²) < 4.78 is 43.3. The smallest absolute Gasteiger partial charge is 0.409 e. The predicted octanol–water partition coefficient (Wildman–Crippen LogP) is 1.64. The van der Waals surface area contributed by atoms with Gasteiger partial charge >= 0.3 is 12.3 Å². The zero-order chi connectivity index (χ0) is 16.2. The lowest BCUT2D eigenvalue weighted by atomic mass is 9.98. The number of nitrogens with zero attached hydrogens (tertiary/aromatic N) is 3. The van der Waals surface area contributed by atoms with Gasteiger partial charge in [-0.05, 0) is 19.9 Å². The highest BCUT2D eigenvalue weighted by atomic mass is 19.4. The second-order valence-electron chi connectivity index (χ2n) is 6.09. The molecule has 128 valence electrons. The Labute approximate surface area is 129 Å². The van der Waals surface area contributed by atoms with Crippen molar-refractivity contribution < 1.29 is 22.7 Å². The lowest BCUT2D eigenvalue weighted by molar-refractivity contribution is -0.184. The Morgan fingerprint density at radius 2 is 1.86 bits per heavy atom. The van der Waals surface area contributed by atoms with Gasteiger partial charge in [-0.25, -0.2) is 4.79 Å². The van der Waals surface area contributed by atoms with Crippen LogP contribution in [-0.4, -0.2) is 86.4 Å². The SMILES string of the molecule is CN1CCN(CCOC(=O)N2CCCC(C(F)(F)F)C2)CC1. The van der Waals surface area contributed by atoms with Crippen molar-refractivity contribution in [3.05, 3.63) is 0 Å². The summed E-state index contributed by atoms with van der Waals surface area (Å²) in [4.78, 5) is 17.5. The normalized spacial score (nSPS) is 25.3. The predicted molar refractivity (Wildman–Crippen MR) is 75.6 cm³/mol. The van der Waals surface area contributed by atoms with E-state index in [2.05, 4.69) is 16.8 Å². The number of carbonyl (C=O) groups excluding carboxylic acids is 1. The molecule has 2 rings (SSSR count). The average molecular weight is 323 g/mol. The van der Waals surface area contributed by atoms with E-state index < -0.39 is 18.2 Å². The molecule has 0 N–H and O–H groups in total. The Kier molecular flexibility index (Phi) is 5.91. The van der Waals surface area contributed by atoms with E-state index in [0.29, 0.717) is 19.5 Å². The topological polar surface area (TPSA) is 36.0 Å². The molecule has 1 atom stereocenters. The van der Waals surface area contributed by atoms with Crippen molar-refractivity contribution in [2.45, 2.75) is 19.0 Å². The summed E-state index contributed by atoms with van der Waals surface area (Å²) in [5.41, 5.74) is 0. The minimum Gasteiger partial charge on any atom is -0.448 e. The summed E-state index contributed by atoms with van der Waals surface area (Å²) in [6, 6.07) is 0. The number of hydrogen-bond donors (Lipinski definition) is 0. The molecule has 2 heterocycles. The fourth-order valence-electron chi connectivity index (χ4n) is 2.83. The molecule has 0 spiro atoms. The van der Waals surface area contributed by atoms with Gasteiger partial charge in [0.15, 0.2) is 0 Å². The number of rotatable bonds is 3. The van der Waals surface area contributed by atoms with Crippen LogP contribution in [0.4, 0.5) is 18.0 Å². The van der Waals surface area contributed by atoms with Crippen molar-refractivity contribution in [3.63, 3.8) is 0 Å². The second kappa shape index (κ2) is 7.50. The van der Waals surface area contributed by atoms with E-state index in [0.717, 1.165) is 26.2 Å². The van der Waals surface area contributed by atoms with Crippen LogP contribution in [0.25, 0.3) is 0 Å². The molecule has 0 aromatic heterocycles. The highest BCUT2D eigenvalue weighted by Crippen LogP contribution is 2.33. The Morgan fingerprint density at radius 1 is 1.18 bits per heavy atom. The number of alkyl halides is 3. The standard InChI is InChI=1S/C14H24F3N3O2/c1-18-5-7-19(8-6-18)9-10-22-13(21)20-4-2-3-12(11-20)14(15,16)17/h12H,2-11H2,1H3. The maximum Gasteiger partial charge on any atom is 0.409 e. The molecule has 2 aliphatic rings. The maximum atomic E-state index is 12.7. The molecule has 0 radical (unpaired) electrons. The molecule has 5 nitrogen and oxygen atoms in total. The number of hydrogen-bond acceptors (Lipinski definition) is 4. The monoisotopic (exact) mass is 323 g/mol. The van der Waals surface area contributed by atoms with E-state index >= 15 is 0 Å². The van der Waals surface area contributed by atoms with Crippen molar-refractivity contribution in [1.29, 1.82) is 0 Å². The lowest BCUT2D eigenvalue weighted by Gasteiger charge is -2.34. The Balaban J connectivity index is 1.68. The number of likely N-dealkylation sites (N-methyl/N-ethyl adjacent to an activating group) is 1. The third-order valence-corrected chi connectivity index (χ3v) is 4.37. The van der Waals surface area contributed by atoms with Crippen LogP contribution in [0.3, 0.4) is 0 Å². The lowest BCUT2D eigenvalue weighted by Crippen LogP contribution is -2.47. The molecule has 2 saturated heterocycles. The zero-order valence-electron chi connectivity index (χ0n) is 12.9. The number of likely N-dealkylation sites (tertiary alicyclic amines) is 1. The first-order valence-electron chi connectivity index (χ1n) is 7.75. The molecule has 0 bridgehead atoms. The van der Waals surface area contributed by atoms with Gasteiger partial charge in [-0.2, -0.15) is 13.2 Å². The molecule has 0 aromatic carbocycles. The number of ether oxygens (including phenoxy) is 1. The molecule has 0 saturated carbocycles.